The van der Waals surface area contributed by atoms with Crippen LogP contribution in [0.15, 0.2) is 212 Å². The fraction of sp³-hybridized carbons (Fsp3) is 0. The van der Waals surface area contributed by atoms with Crippen molar-refractivity contribution in [2.24, 2.45) is 0 Å². The molecule has 0 atom stereocenters. The Morgan fingerprint density at radius 1 is 0.220 bits per heavy atom. The summed E-state index contributed by atoms with van der Waals surface area (Å²) in [5, 5.41) is 3.54. The Kier molecular flexibility index (Phi) is 8.73. The Labute approximate surface area is 294 Å². The van der Waals surface area contributed by atoms with Gasteiger partial charge in [-0.25, -0.2) is 0 Å². The Morgan fingerprint density at radius 2 is 0.440 bits per heavy atom. The summed E-state index contributed by atoms with van der Waals surface area (Å²) in [6.07, 6.45) is 0. The summed E-state index contributed by atoms with van der Waals surface area (Å²) < 4.78 is 0. The second kappa shape index (κ2) is 14.2. The lowest BCUT2D eigenvalue weighted by Crippen LogP contribution is -2.09. The number of nitrogens with one attached hydrogen (secondary N) is 1. The Balaban J connectivity index is 1.04. The number of rotatable bonds is 9. The van der Waals surface area contributed by atoms with E-state index in [1.807, 2.05) is 6.07 Å². The Morgan fingerprint density at radius 3 is 0.700 bits per heavy atom. The normalized spacial score (nSPS) is 10.8. The summed E-state index contributed by atoms with van der Waals surface area (Å²) in [6, 6.07) is 75.3. The molecule has 8 rings (SSSR count). The van der Waals surface area contributed by atoms with Crippen LogP contribution in [-0.4, -0.2) is 0 Å². The molecule has 2 nitrogen and oxygen atoms in total. The first-order valence-electron chi connectivity index (χ1n) is 17.0. The number of anilines is 5. The van der Waals surface area contributed by atoms with Crippen LogP contribution in [-0.2, 0) is 0 Å². The van der Waals surface area contributed by atoms with Gasteiger partial charge >= 0.3 is 0 Å². The molecule has 8 aromatic carbocycles. The third kappa shape index (κ3) is 6.82. The van der Waals surface area contributed by atoms with Crippen molar-refractivity contribution in [3.8, 4) is 44.5 Å². The number of nitrogens with zero attached hydrogens (tertiary/aromatic N) is 1. The standard InChI is InChI=1S/C48H36N2/c1-4-10-36(11-5-1)39-16-26-44(27-17-39)49-45-28-18-40(19-29-45)43-24-34-48(35-25-43)50(46-30-20-41(21-31-46)37-12-6-2-7-13-37)47-32-22-42(23-33-47)38-14-8-3-9-15-38/h1-35,49H. The van der Waals surface area contributed by atoms with Gasteiger partial charge in [0.25, 0.3) is 0 Å². The first-order chi connectivity index (χ1) is 24.8. The molecule has 0 aliphatic rings. The van der Waals surface area contributed by atoms with E-state index in [0.29, 0.717) is 0 Å². The van der Waals surface area contributed by atoms with E-state index in [-0.39, 0.29) is 0 Å². The fourth-order valence-electron chi connectivity index (χ4n) is 6.41. The molecule has 0 spiro atoms. The predicted octanol–water partition coefficient (Wildman–Crippen LogP) is 13.6. The number of benzene rings is 8. The van der Waals surface area contributed by atoms with Crippen molar-refractivity contribution in [2.75, 3.05) is 10.2 Å². The highest BCUT2D eigenvalue weighted by molar-refractivity contribution is 5.81. The lowest BCUT2D eigenvalue weighted by molar-refractivity contribution is 1.28. The summed E-state index contributed by atoms with van der Waals surface area (Å²) in [6.45, 7) is 0. The SMILES string of the molecule is c1ccc(-c2ccc(Nc3ccc(-c4ccc(N(c5ccc(-c6ccccc6)cc5)c5ccc(-c6ccccc6)cc5)cc4)cc3)cc2)cc1. The van der Waals surface area contributed by atoms with Crippen LogP contribution in [0.5, 0.6) is 0 Å². The molecule has 0 radical (unpaired) electrons. The summed E-state index contributed by atoms with van der Waals surface area (Å²) in [4.78, 5) is 2.32. The highest BCUT2D eigenvalue weighted by atomic mass is 15.1. The molecule has 0 aliphatic heterocycles. The molecule has 0 unspecified atom stereocenters. The minimum Gasteiger partial charge on any atom is -0.356 e. The molecule has 2 heteroatoms. The van der Waals surface area contributed by atoms with Crippen LogP contribution in [0.4, 0.5) is 28.4 Å². The lowest BCUT2D eigenvalue weighted by Gasteiger charge is -2.26. The van der Waals surface area contributed by atoms with Gasteiger partial charge in [0.15, 0.2) is 0 Å². The van der Waals surface area contributed by atoms with Crippen LogP contribution in [0.2, 0.25) is 0 Å². The molecule has 0 bridgehead atoms. The maximum atomic E-state index is 3.54. The van der Waals surface area contributed by atoms with Crippen LogP contribution >= 0.6 is 0 Å². The minimum atomic E-state index is 1.06. The van der Waals surface area contributed by atoms with Gasteiger partial charge in [-0.15, -0.1) is 0 Å². The molecular formula is C48H36N2. The number of hydrogen-bond donors (Lipinski definition) is 1. The first-order valence-corrected chi connectivity index (χ1v) is 17.0. The highest BCUT2D eigenvalue weighted by Crippen LogP contribution is 2.38. The molecule has 0 saturated heterocycles. The molecule has 50 heavy (non-hydrogen) atoms. The van der Waals surface area contributed by atoms with Crippen molar-refractivity contribution in [3.63, 3.8) is 0 Å². The van der Waals surface area contributed by atoms with Gasteiger partial charge in [-0.2, -0.15) is 0 Å². The van der Waals surface area contributed by atoms with Gasteiger partial charge in [0.2, 0.25) is 0 Å². The van der Waals surface area contributed by atoms with E-state index < -0.39 is 0 Å². The minimum absolute atomic E-state index is 1.06. The second-order valence-corrected chi connectivity index (χ2v) is 12.4. The van der Waals surface area contributed by atoms with Crippen molar-refractivity contribution >= 4 is 28.4 Å². The van der Waals surface area contributed by atoms with E-state index in [0.717, 1.165) is 28.4 Å². The van der Waals surface area contributed by atoms with Crippen LogP contribution < -0.4 is 10.2 Å². The molecule has 0 aromatic heterocycles. The third-order valence-electron chi connectivity index (χ3n) is 9.09. The van der Waals surface area contributed by atoms with E-state index in [9.17, 15) is 0 Å². The van der Waals surface area contributed by atoms with Gasteiger partial charge < -0.3 is 10.2 Å². The van der Waals surface area contributed by atoms with Crippen molar-refractivity contribution < 1.29 is 0 Å². The number of hydrogen-bond acceptors (Lipinski definition) is 2. The quantitative estimate of drug-likeness (QED) is 0.169. The molecule has 0 heterocycles. The second-order valence-electron chi connectivity index (χ2n) is 12.4. The maximum Gasteiger partial charge on any atom is 0.0462 e. The van der Waals surface area contributed by atoms with Gasteiger partial charge in [-0.1, -0.05) is 152 Å². The Hall–Kier alpha value is -6.64. The molecule has 8 aromatic rings. The van der Waals surface area contributed by atoms with Crippen molar-refractivity contribution in [1.82, 2.24) is 0 Å². The van der Waals surface area contributed by atoms with Crippen LogP contribution in [0.25, 0.3) is 44.5 Å². The van der Waals surface area contributed by atoms with E-state index in [2.05, 4.69) is 216 Å². The summed E-state index contributed by atoms with van der Waals surface area (Å²) in [5.74, 6) is 0. The van der Waals surface area contributed by atoms with Gasteiger partial charge in [0.05, 0.1) is 0 Å². The van der Waals surface area contributed by atoms with E-state index in [1.54, 1.807) is 0 Å². The summed E-state index contributed by atoms with van der Waals surface area (Å²) >= 11 is 0. The summed E-state index contributed by atoms with van der Waals surface area (Å²) in [5.41, 5.74) is 15.0. The molecule has 0 saturated carbocycles. The van der Waals surface area contributed by atoms with Crippen LogP contribution in [0.1, 0.15) is 0 Å². The monoisotopic (exact) mass is 640 g/mol. The summed E-state index contributed by atoms with van der Waals surface area (Å²) in [7, 11) is 0. The topological polar surface area (TPSA) is 15.3 Å². The molecule has 0 fully saturated rings. The highest BCUT2D eigenvalue weighted by Gasteiger charge is 2.14. The van der Waals surface area contributed by atoms with E-state index in [4.69, 9.17) is 0 Å². The van der Waals surface area contributed by atoms with Gasteiger partial charge in [0.1, 0.15) is 0 Å². The zero-order valence-electron chi connectivity index (χ0n) is 27.7. The fourth-order valence-corrected chi connectivity index (χ4v) is 6.41. The van der Waals surface area contributed by atoms with Gasteiger partial charge in [-0.3, -0.25) is 0 Å². The third-order valence-corrected chi connectivity index (χ3v) is 9.09. The van der Waals surface area contributed by atoms with E-state index >= 15 is 0 Å². The Bertz CT molecular complexity index is 2180. The average molecular weight is 641 g/mol. The van der Waals surface area contributed by atoms with Crippen LogP contribution in [0, 0.1) is 0 Å². The average Bonchev–Trinajstić information content (AvgIpc) is 3.20. The van der Waals surface area contributed by atoms with Crippen molar-refractivity contribution in [2.45, 2.75) is 0 Å². The zero-order valence-corrected chi connectivity index (χ0v) is 27.7. The van der Waals surface area contributed by atoms with E-state index in [1.165, 1.54) is 44.5 Å². The van der Waals surface area contributed by atoms with Crippen molar-refractivity contribution in [1.29, 1.82) is 0 Å². The molecule has 0 aliphatic carbocycles. The molecule has 0 amide bonds. The lowest BCUT2D eigenvalue weighted by atomic mass is 10.0. The van der Waals surface area contributed by atoms with Crippen LogP contribution in [0.3, 0.4) is 0 Å². The van der Waals surface area contributed by atoms with Crippen molar-refractivity contribution in [3.05, 3.63) is 212 Å². The smallest absolute Gasteiger partial charge is 0.0462 e. The first kappa shape index (κ1) is 30.7. The molecular weight excluding hydrogens is 605 g/mol. The van der Waals surface area contributed by atoms with Gasteiger partial charge in [0, 0.05) is 28.4 Å². The molecule has 1 N–H and O–H groups in total. The maximum absolute atomic E-state index is 3.54. The predicted molar refractivity (Wildman–Crippen MR) is 213 cm³/mol. The largest absolute Gasteiger partial charge is 0.356 e. The molecule has 238 valence electrons. The van der Waals surface area contributed by atoms with Gasteiger partial charge in [-0.05, 0) is 105 Å². The zero-order chi connectivity index (χ0) is 33.5.